The molecule has 0 saturated carbocycles. The molecule has 2 aromatic rings. The second-order valence-electron chi connectivity index (χ2n) is 6.78. The van der Waals surface area contributed by atoms with Gasteiger partial charge in [-0.25, -0.2) is 0 Å². The first-order valence-corrected chi connectivity index (χ1v) is 8.88. The van der Waals surface area contributed by atoms with Gasteiger partial charge < -0.3 is 10.1 Å². The van der Waals surface area contributed by atoms with E-state index in [1.165, 1.54) is 11.3 Å². The molecule has 1 N–H and O–H groups in total. The highest BCUT2D eigenvalue weighted by molar-refractivity contribution is 5.45. The number of methoxy groups -OCH3 is 1. The lowest BCUT2D eigenvalue weighted by Gasteiger charge is -2.43. The molecule has 0 radical (unpaired) electrons. The van der Waals surface area contributed by atoms with E-state index in [-0.39, 0.29) is 5.54 Å². The van der Waals surface area contributed by atoms with Crippen LogP contribution in [0.1, 0.15) is 24.8 Å². The van der Waals surface area contributed by atoms with Crippen molar-refractivity contribution in [3.8, 4) is 0 Å². The molecule has 3 rings (SSSR count). The summed E-state index contributed by atoms with van der Waals surface area (Å²) >= 11 is 0. The molecule has 1 aliphatic heterocycles. The quantitative estimate of drug-likeness (QED) is 0.827. The minimum Gasteiger partial charge on any atom is -0.385 e. The molecule has 24 heavy (non-hydrogen) atoms. The third-order valence-corrected chi connectivity index (χ3v) is 5.03. The second kappa shape index (κ2) is 8.32. The Morgan fingerprint density at radius 2 is 1.58 bits per heavy atom. The maximum absolute atomic E-state index is 5.38. The van der Waals surface area contributed by atoms with E-state index in [1.807, 2.05) is 0 Å². The lowest BCUT2D eigenvalue weighted by atomic mass is 9.84. The summed E-state index contributed by atoms with van der Waals surface area (Å²) in [5, 5.41) is 3.81. The van der Waals surface area contributed by atoms with Gasteiger partial charge >= 0.3 is 0 Å². The molecule has 3 nitrogen and oxygen atoms in total. The lowest BCUT2D eigenvalue weighted by molar-refractivity contribution is 0.123. The molecule has 0 atom stereocenters. The number of piperidine rings is 1. The molecule has 128 valence electrons. The minimum absolute atomic E-state index is 0.143. The fourth-order valence-corrected chi connectivity index (χ4v) is 3.54. The molecular weight excluding hydrogens is 296 g/mol. The highest BCUT2D eigenvalue weighted by atomic mass is 16.5. The van der Waals surface area contributed by atoms with Gasteiger partial charge in [0.15, 0.2) is 0 Å². The topological polar surface area (TPSA) is 24.5 Å². The average Bonchev–Trinajstić information content (AvgIpc) is 2.64. The van der Waals surface area contributed by atoms with E-state index in [0.29, 0.717) is 0 Å². The van der Waals surface area contributed by atoms with Crippen molar-refractivity contribution in [2.45, 2.75) is 31.3 Å². The predicted octanol–water partition coefficient (Wildman–Crippen LogP) is 4.17. The normalized spacial score (nSPS) is 17.5. The van der Waals surface area contributed by atoms with Crippen LogP contribution in [0.3, 0.4) is 0 Å². The molecule has 0 amide bonds. The van der Waals surface area contributed by atoms with Crippen LogP contribution >= 0.6 is 0 Å². The molecule has 1 saturated heterocycles. The van der Waals surface area contributed by atoms with Gasteiger partial charge in [0.2, 0.25) is 0 Å². The minimum atomic E-state index is 0.143. The first-order chi connectivity index (χ1) is 11.8. The first kappa shape index (κ1) is 17.0. The van der Waals surface area contributed by atoms with Crippen molar-refractivity contribution < 1.29 is 4.74 Å². The number of para-hydroxylation sites is 1. The molecule has 3 heteroatoms. The van der Waals surface area contributed by atoms with Crippen molar-refractivity contribution >= 4 is 5.69 Å². The van der Waals surface area contributed by atoms with E-state index in [1.54, 1.807) is 7.11 Å². The number of hydrogen-bond donors (Lipinski definition) is 1. The van der Waals surface area contributed by atoms with Crippen LogP contribution in [0.2, 0.25) is 0 Å². The Labute approximate surface area is 145 Å². The van der Waals surface area contributed by atoms with Crippen molar-refractivity contribution in [3.63, 3.8) is 0 Å². The maximum Gasteiger partial charge on any atom is 0.0484 e. The number of benzene rings is 2. The number of likely N-dealkylation sites (tertiary alicyclic amines) is 1. The van der Waals surface area contributed by atoms with Gasteiger partial charge in [-0.3, -0.25) is 4.90 Å². The summed E-state index contributed by atoms with van der Waals surface area (Å²) < 4.78 is 5.38. The van der Waals surface area contributed by atoms with Crippen molar-refractivity contribution in [1.29, 1.82) is 0 Å². The zero-order valence-electron chi connectivity index (χ0n) is 14.6. The van der Waals surface area contributed by atoms with Gasteiger partial charge in [-0.05, 0) is 37.0 Å². The Kier molecular flexibility index (Phi) is 5.89. The molecule has 1 aliphatic rings. The van der Waals surface area contributed by atoms with Crippen molar-refractivity contribution in [1.82, 2.24) is 4.90 Å². The van der Waals surface area contributed by atoms with Crippen LogP contribution in [0.15, 0.2) is 60.7 Å². The molecule has 0 aromatic heterocycles. The number of rotatable bonds is 7. The molecule has 1 heterocycles. The van der Waals surface area contributed by atoms with Crippen LogP contribution in [0.4, 0.5) is 5.69 Å². The number of anilines is 1. The van der Waals surface area contributed by atoms with Crippen molar-refractivity contribution in [2.75, 3.05) is 32.1 Å². The molecule has 0 spiro atoms. The van der Waals surface area contributed by atoms with Gasteiger partial charge in [-0.2, -0.15) is 0 Å². The Morgan fingerprint density at radius 1 is 0.958 bits per heavy atom. The number of nitrogens with one attached hydrogen (secondary N) is 1. The van der Waals surface area contributed by atoms with Crippen LogP contribution < -0.4 is 5.32 Å². The van der Waals surface area contributed by atoms with Gasteiger partial charge in [0.05, 0.1) is 0 Å². The zero-order valence-corrected chi connectivity index (χ0v) is 14.6. The molecule has 2 aromatic carbocycles. The Bertz CT molecular complexity index is 592. The van der Waals surface area contributed by atoms with E-state index in [9.17, 15) is 0 Å². The summed E-state index contributed by atoms with van der Waals surface area (Å²) in [5.74, 6) is 0. The fraction of sp³-hybridized carbons (Fsp3) is 0.429. The SMILES string of the molecule is COCCC1(Nc2ccccc2)CCN(Cc2ccccc2)CC1. The summed E-state index contributed by atoms with van der Waals surface area (Å²) in [6, 6.07) is 21.3. The fourth-order valence-electron chi connectivity index (χ4n) is 3.54. The van der Waals surface area contributed by atoms with Crippen LogP contribution in [-0.4, -0.2) is 37.2 Å². The third-order valence-electron chi connectivity index (χ3n) is 5.03. The molecule has 0 bridgehead atoms. The average molecular weight is 324 g/mol. The molecule has 0 aliphatic carbocycles. The number of hydrogen-bond acceptors (Lipinski definition) is 3. The monoisotopic (exact) mass is 324 g/mol. The lowest BCUT2D eigenvalue weighted by Crippen LogP contribution is -2.49. The highest BCUT2D eigenvalue weighted by Crippen LogP contribution is 2.31. The van der Waals surface area contributed by atoms with Crippen LogP contribution in [-0.2, 0) is 11.3 Å². The Hall–Kier alpha value is -1.84. The smallest absolute Gasteiger partial charge is 0.0484 e. The summed E-state index contributed by atoms with van der Waals surface area (Å²) in [6.07, 6.45) is 3.35. The van der Waals surface area contributed by atoms with E-state index in [2.05, 4.69) is 70.9 Å². The van der Waals surface area contributed by atoms with E-state index in [4.69, 9.17) is 4.74 Å². The molecule has 1 fully saturated rings. The maximum atomic E-state index is 5.38. The van der Waals surface area contributed by atoms with Crippen LogP contribution in [0.25, 0.3) is 0 Å². The highest BCUT2D eigenvalue weighted by Gasteiger charge is 2.34. The van der Waals surface area contributed by atoms with Gasteiger partial charge in [-0.15, -0.1) is 0 Å². The standard InChI is InChI=1S/C21H28N2O/c1-24-17-14-21(22-20-10-6-3-7-11-20)12-15-23(16-13-21)18-19-8-4-2-5-9-19/h2-11,22H,12-18H2,1H3. The van der Waals surface area contributed by atoms with Gasteiger partial charge in [-0.1, -0.05) is 48.5 Å². The summed E-state index contributed by atoms with van der Waals surface area (Å²) in [4.78, 5) is 2.56. The summed E-state index contributed by atoms with van der Waals surface area (Å²) in [7, 11) is 1.79. The van der Waals surface area contributed by atoms with E-state index >= 15 is 0 Å². The van der Waals surface area contributed by atoms with Crippen LogP contribution in [0.5, 0.6) is 0 Å². The Morgan fingerprint density at radius 3 is 2.21 bits per heavy atom. The number of nitrogens with zero attached hydrogens (tertiary/aromatic N) is 1. The summed E-state index contributed by atoms with van der Waals surface area (Å²) in [5.41, 5.74) is 2.76. The zero-order chi connectivity index (χ0) is 16.7. The first-order valence-electron chi connectivity index (χ1n) is 8.88. The Balaban J connectivity index is 1.62. The van der Waals surface area contributed by atoms with Gasteiger partial charge in [0.25, 0.3) is 0 Å². The number of ether oxygens (including phenoxy) is 1. The molecular formula is C21H28N2O. The van der Waals surface area contributed by atoms with E-state index < -0.39 is 0 Å². The largest absolute Gasteiger partial charge is 0.385 e. The van der Waals surface area contributed by atoms with Gasteiger partial charge in [0.1, 0.15) is 0 Å². The predicted molar refractivity (Wildman–Crippen MR) is 100 cm³/mol. The second-order valence-corrected chi connectivity index (χ2v) is 6.78. The van der Waals surface area contributed by atoms with Crippen molar-refractivity contribution in [2.24, 2.45) is 0 Å². The van der Waals surface area contributed by atoms with Gasteiger partial charge in [0, 0.05) is 44.6 Å². The summed E-state index contributed by atoms with van der Waals surface area (Å²) in [6.45, 7) is 4.10. The van der Waals surface area contributed by atoms with E-state index in [0.717, 1.165) is 45.5 Å². The molecule has 0 unspecified atom stereocenters. The van der Waals surface area contributed by atoms with Crippen molar-refractivity contribution in [3.05, 3.63) is 66.2 Å². The third kappa shape index (κ3) is 4.59. The van der Waals surface area contributed by atoms with Crippen LogP contribution in [0, 0.1) is 0 Å².